The minimum atomic E-state index is 0.203. The van der Waals surface area contributed by atoms with Gasteiger partial charge in [0.05, 0.1) is 0 Å². The monoisotopic (exact) mass is 272 g/mol. The molecule has 1 saturated carbocycles. The van der Waals surface area contributed by atoms with Crippen molar-refractivity contribution in [1.82, 2.24) is 0 Å². The van der Waals surface area contributed by atoms with E-state index in [9.17, 15) is 9.59 Å². The van der Waals surface area contributed by atoms with Gasteiger partial charge in [-0.2, -0.15) is 0 Å². The maximum absolute atomic E-state index is 11.7. The van der Waals surface area contributed by atoms with E-state index in [4.69, 9.17) is 0 Å². The molecular formula is C18H24O2. The van der Waals surface area contributed by atoms with Crippen molar-refractivity contribution in [2.75, 3.05) is 0 Å². The lowest BCUT2D eigenvalue weighted by atomic mass is 9.76. The number of benzene rings is 1. The van der Waals surface area contributed by atoms with Gasteiger partial charge < -0.3 is 0 Å². The summed E-state index contributed by atoms with van der Waals surface area (Å²) in [6.07, 6.45) is 5.46. The molecular weight excluding hydrogens is 248 g/mol. The number of hydrogen-bond donors (Lipinski definition) is 0. The lowest BCUT2D eigenvalue weighted by Gasteiger charge is -2.27. The van der Waals surface area contributed by atoms with Crippen LogP contribution in [-0.4, -0.2) is 11.6 Å². The standard InChI is InChI=1S/C18H24O2/c1-3-17(19)15-9-5-13(6-10-15)14-7-11-16(12-8-14)18(20)4-2/h5-6,9-10,14,16H,3-4,7-8,11-12H2,1-2H3. The van der Waals surface area contributed by atoms with Crippen LogP contribution < -0.4 is 0 Å². The molecule has 1 aromatic rings. The number of hydrogen-bond acceptors (Lipinski definition) is 2. The normalized spacial score (nSPS) is 22.5. The maximum Gasteiger partial charge on any atom is 0.162 e. The molecule has 0 aromatic heterocycles. The first-order valence-corrected chi connectivity index (χ1v) is 7.81. The van der Waals surface area contributed by atoms with Crippen molar-refractivity contribution < 1.29 is 9.59 Å². The van der Waals surface area contributed by atoms with Gasteiger partial charge in [0.25, 0.3) is 0 Å². The molecule has 0 aliphatic heterocycles. The third-order valence-corrected chi connectivity index (χ3v) is 4.56. The Morgan fingerprint density at radius 1 is 0.950 bits per heavy atom. The van der Waals surface area contributed by atoms with Crippen molar-refractivity contribution in [2.45, 2.75) is 58.3 Å². The second-order valence-electron chi connectivity index (χ2n) is 5.77. The SMILES string of the molecule is CCC(=O)c1ccc(C2CCC(C(=O)CC)CC2)cc1. The van der Waals surface area contributed by atoms with Crippen molar-refractivity contribution in [3.63, 3.8) is 0 Å². The smallest absolute Gasteiger partial charge is 0.162 e. The zero-order chi connectivity index (χ0) is 14.5. The van der Waals surface area contributed by atoms with E-state index in [1.54, 1.807) is 0 Å². The molecule has 2 heteroatoms. The Balaban J connectivity index is 1.97. The molecule has 0 saturated heterocycles. The van der Waals surface area contributed by atoms with Crippen molar-refractivity contribution in [3.05, 3.63) is 35.4 Å². The highest BCUT2D eigenvalue weighted by atomic mass is 16.1. The van der Waals surface area contributed by atoms with Gasteiger partial charge in [-0.05, 0) is 37.2 Å². The van der Waals surface area contributed by atoms with Crippen LogP contribution in [-0.2, 0) is 4.79 Å². The predicted octanol–water partition coefficient (Wildman–Crippen LogP) is 4.53. The Kier molecular flexibility index (Phi) is 5.11. The average Bonchev–Trinajstić information content (AvgIpc) is 2.53. The molecule has 0 atom stereocenters. The molecule has 0 N–H and O–H groups in total. The van der Waals surface area contributed by atoms with Gasteiger partial charge in [-0.15, -0.1) is 0 Å². The van der Waals surface area contributed by atoms with Gasteiger partial charge in [-0.25, -0.2) is 0 Å². The Bertz CT molecular complexity index is 465. The Labute approximate surface area is 121 Å². The first-order chi connectivity index (χ1) is 9.65. The lowest BCUT2D eigenvalue weighted by molar-refractivity contribution is -0.123. The first-order valence-electron chi connectivity index (χ1n) is 7.81. The topological polar surface area (TPSA) is 34.1 Å². The van der Waals surface area contributed by atoms with Gasteiger partial charge in [0, 0.05) is 24.3 Å². The highest BCUT2D eigenvalue weighted by molar-refractivity contribution is 5.95. The van der Waals surface area contributed by atoms with E-state index in [2.05, 4.69) is 12.1 Å². The van der Waals surface area contributed by atoms with Gasteiger partial charge in [0.2, 0.25) is 0 Å². The van der Waals surface area contributed by atoms with Crippen LogP contribution in [0.2, 0.25) is 0 Å². The Hall–Kier alpha value is -1.44. The van der Waals surface area contributed by atoms with Gasteiger partial charge in [0.15, 0.2) is 5.78 Å². The van der Waals surface area contributed by atoms with Crippen molar-refractivity contribution in [1.29, 1.82) is 0 Å². The summed E-state index contributed by atoms with van der Waals surface area (Å²) in [6.45, 7) is 3.85. The second kappa shape index (κ2) is 6.83. The summed E-state index contributed by atoms with van der Waals surface area (Å²) in [4.78, 5) is 23.3. The van der Waals surface area contributed by atoms with Crippen LogP contribution in [0.1, 0.15) is 74.2 Å². The van der Waals surface area contributed by atoms with E-state index >= 15 is 0 Å². The highest BCUT2D eigenvalue weighted by Crippen LogP contribution is 2.36. The predicted molar refractivity (Wildman–Crippen MR) is 81.1 cm³/mol. The average molecular weight is 272 g/mol. The number of carbonyl (C=O) groups is 2. The van der Waals surface area contributed by atoms with E-state index in [0.29, 0.717) is 24.5 Å². The minimum Gasteiger partial charge on any atom is -0.299 e. The summed E-state index contributed by atoms with van der Waals surface area (Å²) < 4.78 is 0. The summed E-state index contributed by atoms with van der Waals surface area (Å²) in [5.74, 6) is 1.47. The van der Waals surface area contributed by atoms with E-state index in [0.717, 1.165) is 31.2 Å². The number of rotatable bonds is 5. The largest absolute Gasteiger partial charge is 0.299 e. The van der Waals surface area contributed by atoms with Gasteiger partial charge in [-0.3, -0.25) is 9.59 Å². The van der Waals surface area contributed by atoms with Gasteiger partial charge >= 0.3 is 0 Å². The van der Waals surface area contributed by atoms with Crippen molar-refractivity contribution >= 4 is 11.6 Å². The number of ketones is 2. The zero-order valence-corrected chi connectivity index (χ0v) is 12.5. The van der Waals surface area contributed by atoms with Crippen LogP contribution >= 0.6 is 0 Å². The number of Topliss-reactive ketones (excluding diaryl/α,β-unsaturated/α-hetero) is 2. The molecule has 0 bridgehead atoms. The van der Waals surface area contributed by atoms with Crippen LogP contribution in [0.5, 0.6) is 0 Å². The summed E-state index contributed by atoms with van der Waals surface area (Å²) in [6, 6.07) is 8.08. The van der Waals surface area contributed by atoms with Crippen LogP contribution in [0.15, 0.2) is 24.3 Å². The molecule has 1 aromatic carbocycles. The molecule has 0 amide bonds. The van der Waals surface area contributed by atoms with Crippen molar-refractivity contribution in [3.8, 4) is 0 Å². The second-order valence-corrected chi connectivity index (χ2v) is 5.77. The zero-order valence-electron chi connectivity index (χ0n) is 12.5. The van der Waals surface area contributed by atoms with E-state index in [1.165, 1.54) is 5.56 Å². The Morgan fingerprint density at radius 2 is 1.55 bits per heavy atom. The molecule has 20 heavy (non-hydrogen) atoms. The molecule has 0 heterocycles. The molecule has 2 nitrogen and oxygen atoms in total. The molecule has 1 fully saturated rings. The third-order valence-electron chi connectivity index (χ3n) is 4.56. The Morgan fingerprint density at radius 3 is 2.05 bits per heavy atom. The van der Waals surface area contributed by atoms with Gasteiger partial charge in [-0.1, -0.05) is 38.1 Å². The van der Waals surface area contributed by atoms with Crippen LogP contribution in [0.3, 0.4) is 0 Å². The summed E-state index contributed by atoms with van der Waals surface area (Å²) in [5, 5.41) is 0. The minimum absolute atomic E-state index is 0.203. The fourth-order valence-corrected chi connectivity index (χ4v) is 3.18. The number of carbonyl (C=O) groups excluding carboxylic acids is 2. The molecule has 0 radical (unpaired) electrons. The lowest BCUT2D eigenvalue weighted by Crippen LogP contribution is -2.20. The summed E-state index contributed by atoms with van der Waals surface area (Å²) >= 11 is 0. The van der Waals surface area contributed by atoms with Crippen LogP contribution in [0.25, 0.3) is 0 Å². The highest BCUT2D eigenvalue weighted by Gasteiger charge is 2.25. The molecule has 0 unspecified atom stereocenters. The molecule has 108 valence electrons. The molecule has 1 aliphatic carbocycles. The molecule has 1 aliphatic rings. The summed E-state index contributed by atoms with van der Waals surface area (Å²) in [7, 11) is 0. The van der Waals surface area contributed by atoms with E-state index in [1.807, 2.05) is 26.0 Å². The van der Waals surface area contributed by atoms with E-state index in [-0.39, 0.29) is 11.7 Å². The first kappa shape index (κ1) is 15.0. The fourth-order valence-electron chi connectivity index (χ4n) is 3.18. The molecule has 2 rings (SSSR count). The fraction of sp³-hybridized carbons (Fsp3) is 0.556. The van der Waals surface area contributed by atoms with Crippen LogP contribution in [0.4, 0.5) is 0 Å². The van der Waals surface area contributed by atoms with Crippen molar-refractivity contribution in [2.24, 2.45) is 5.92 Å². The summed E-state index contributed by atoms with van der Waals surface area (Å²) in [5.41, 5.74) is 2.13. The quantitative estimate of drug-likeness (QED) is 0.738. The van der Waals surface area contributed by atoms with Gasteiger partial charge in [0.1, 0.15) is 5.78 Å². The molecule has 0 spiro atoms. The third kappa shape index (κ3) is 3.36. The maximum atomic E-state index is 11.7. The van der Waals surface area contributed by atoms with E-state index < -0.39 is 0 Å². The van der Waals surface area contributed by atoms with Crippen LogP contribution in [0, 0.1) is 5.92 Å².